The summed E-state index contributed by atoms with van der Waals surface area (Å²) in [5.41, 5.74) is 2.59. The minimum atomic E-state index is 0.467. The van der Waals surface area contributed by atoms with Gasteiger partial charge in [0.05, 0.1) is 6.61 Å². The fourth-order valence-electron chi connectivity index (χ4n) is 2.86. The molecule has 5 heteroatoms. The van der Waals surface area contributed by atoms with Crippen LogP contribution in [0.3, 0.4) is 0 Å². The van der Waals surface area contributed by atoms with Crippen LogP contribution in [0.2, 0.25) is 0 Å². The molecule has 0 spiro atoms. The quantitative estimate of drug-likeness (QED) is 0.600. The third-order valence-corrected chi connectivity index (χ3v) is 4.93. The van der Waals surface area contributed by atoms with Crippen LogP contribution in [0.4, 0.5) is 0 Å². The van der Waals surface area contributed by atoms with Gasteiger partial charge in [-0.15, -0.1) is 0 Å². The second-order valence-corrected chi connectivity index (χ2v) is 7.45. The largest absolute Gasteiger partial charge is 0.493 e. The van der Waals surface area contributed by atoms with Crippen molar-refractivity contribution >= 4 is 15.9 Å². The molecule has 1 heterocycles. The zero-order valence-electron chi connectivity index (χ0n) is 14.2. The minimum Gasteiger partial charge on any atom is -0.493 e. The van der Waals surface area contributed by atoms with Gasteiger partial charge in [0, 0.05) is 17.8 Å². The number of allylic oxidation sites excluding steroid dienone is 1. The minimum absolute atomic E-state index is 0.467. The molecule has 3 rings (SSSR count). The molecule has 0 N–H and O–H groups in total. The Morgan fingerprint density at radius 3 is 2.92 bits per heavy atom. The SMILES string of the molecule is C=C(C(C)Cc1cc(Br)ccc1OCCc1noc(C)n1)C1CC1. The van der Waals surface area contributed by atoms with Crippen molar-refractivity contribution in [3.63, 3.8) is 0 Å². The number of ether oxygens (including phenoxy) is 1. The molecule has 0 amide bonds. The molecule has 1 unspecified atom stereocenters. The van der Waals surface area contributed by atoms with E-state index in [0.29, 0.717) is 30.7 Å². The van der Waals surface area contributed by atoms with Crippen molar-refractivity contribution in [3.05, 3.63) is 52.1 Å². The number of rotatable bonds is 8. The lowest BCUT2D eigenvalue weighted by Gasteiger charge is -2.17. The molecule has 24 heavy (non-hydrogen) atoms. The topological polar surface area (TPSA) is 48.2 Å². The van der Waals surface area contributed by atoms with Gasteiger partial charge >= 0.3 is 0 Å². The number of hydrogen-bond donors (Lipinski definition) is 0. The van der Waals surface area contributed by atoms with Gasteiger partial charge in [-0.25, -0.2) is 0 Å². The number of nitrogens with zero attached hydrogens (tertiary/aromatic N) is 2. The molecular weight excluding hydrogens is 368 g/mol. The summed E-state index contributed by atoms with van der Waals surface area (Å²) in [6.45, 7) is 8.87. The van der Waals surface area contributed by atoms with E-state index in [1.54, 1.807) is 6.92 Å². The molecule has 1 aliphatic carbocycles. The Hall–Kier alpha value is -1.62. The standard InChI is InChI=1S/C19H23BrN2O2/c1-12(13(2)15-4-5-15)10-16-11-17(20)6-7-18(16)23-9-8-19-21-14(3)24-22-19/h6-7,11-12,15H,2,4-5,8-10H2,1,3H3. The maximum Gasteiger partial charge on any atom is 0.223 e. The van der Waals surface area contributed by atoms with Crippen LogP contribution in [0.1, 0.15) is 37.0 Å². The Balaban J connectivity index is 1.62. The normalized spacial score (nSPS) is 15.3. The zero-order valence-corrected chi connectivity index (χ0v) is 15.8. The fourth-order valence-corrected chi connectivity index (χ4v) is 3.27. The van der Waals surface area contributed by atoms with Crippen molar-refractivity contribution in [1.82, 2.24) is 10.1 Å². The van der Waals surface area contributed by atoms with E-state index in [-0.39, 0.29) is 0 Å². The van der Waals surface area contributed by atoms with Gasteiger partial charge in [-0.2, -0.15) is 4.98 Å². The summed E-state index contributed by atoms with van der Waals surface area (Å²) < 4.78 is 12.0. The molecule has 0 aliphatic heterocycles. The number of hydrogen-bond acceptors (Lipinski definition) is 4. The maximum absolute atomic E-state index is 5.99. The van der Waals surface area contributed by atoms with E-state index >= 15 is 0 Å². The summed E-state index contributed by atoms with van der Waals surface area (Å²) in [7, 11) is 0. The first-order valence-electron chi connectivity index (χ1n) is 8.42. The molecule has 0 bridgehead atoms. The van der Waals surface area contributed by atoms with E-state index in [0.717, 1.165) is 22.6 Å². The molecule has 1 aromatic heterocycles. The highest BCUT2D eigenvalue weighted by Crippen LogP contribution is 2.40. The number of halogens is 1. The lowest BCUT2D eigenvalue weighted by Crippen LogP contribution is -2.08. The molecule has 2 aromatic rings. The molecule has 1 aliphatic rings. The van der Waals surface area contributed by atoms with Gasteiger partial charge in [-0.05, 0) is 54.9 Å². The second-order valence-electron chi connectivity index (χ2n) is 6.53. The van der Waals surface area contributed by atoms with Crippen molar-refractivity contribution in [2.45, 2.75) is 39.5 Å². The Bertz CT molecular complexity index is 722. The molecule has 0 radical (unpaired) electrons. The third kappa shape index (κ3) is 4.47. The van der Waals surface area contributed by atoms with Crippen molar-refractivity contribution in [2.75, 3.05) is 6.61 Å². The highest BCUT2D eigenvalue weighted by Gasteiger charge is 2.28. The second kappa shape index (κ2) is 7.51. The summed E-state index contributed by atoms with van der Waals surface area (Å²) >= 11 is 3.56. The maximum atomic E-state index is 5.99. The van der Waals surface area contributed by atoms with Crippen LogP contribution in [-0.4, -0.2) is 16.7 Å². The molecule has 1 atom stereocenters. The van der Waals surface area contributed by atoms with Crippen molar-refractivity contribution < 1.29 is 9.26 Å². The molecule has 4 nitrogen and oxygen atoms in total. The van der Waals surface area contributed by atoms with Gasteiger partial charge in [-0.3, -0.25) is 0 Å². The summed E-state index contributed by atoms with van der Waals surface area (Å²) in [6, 6.07) is 6.18. The smallest absolute Gasteiger partial charge is 0.223 e. The molecule has 1 saturated carbocycles. The predicted octanol–water partition coefficient (Wildman–Crippen LogP) is 4.91. The van der Waals surface area contributed by atoms with Crippen LogP contribution in [0.15, 0.2) is 39.3 Å². The average Bonchev–Trinajstić information content (AvgIpc) is 3.31. The van der Waals surface area contributed by atoms with Gasteiger partial charge in [0.2, 0.25) is 5.89 Å². The van der Waals surface area contributed by atoms with Gasteiger partial charge in [0.15, 0.2) is 5.82 Å². The van der Waals surface area contributed by atoms with Crippen molar-refractivity contribution in [3.8, 4) is 5.75 Å². The van der Waals surface area contributed by atoms with Crippen LogP contribution in [0.25, 0.3) is 0 Å². The Morgan fingerprint density at radius 2 is 2.25 bits per heavy atom. The van der Waals surface area contributed by atoms with E-state index in [1.165, 1.54) is 24.0 Å². The summed E-state index contributed by atoms with van der Waals surface area (Å²) in [4.78, 5) is 4.20. The van der Waals surface area contributed by atoms with Crippen LogP contribution in [0.5, 0.6) is 5.75 Å². The van der Waals surface area contributed by atoms with E-state index in [1.807, 2.05) is 12.1 Å². The predicted molar refractivity (Wildman–Crippen MR) is 97.1 cm³/mol. The first-order chi connectivity index (χ1) is 11.5. The Morgan fingerprint density at radius 1 is 1.46 bits per heavy atom. The summed E-state index contributed by atoms with van der Waals surface area (Å²) in [6.07, 6.45) is 4.19. The van der Waals surface area contributed by atoms with Gasteiger partial charge in [0.1, 0.15) is 5.75 Å². The lowest BCUT2D eigenvalue weighted by atomic mass is 9.91. The van der Waals surface area contributed by atoms with Crippen LogP contribution >= 0.6 is 15.9 Å². The Labute approximate surface area is 151 Å². The zero-order chi connectivity index (χ0) is 17.1. The fraction of sp³-hybridized carbons (Fsp3) is 0.474. The summed E-state index contributed by atoms with van der Waals surface area (Å²) in [5, 5.41) is 3.90. The third-order valence-electron chi connectivity index (χ3n) is 4.44. The number of aromatic nitrogens is 2. The molecule has 1 aromatic carbocycles. The van der Waals surface area contributed by atoms with Crippen LogP contribution in [-0.2, 0) is 12.8 Å². The Kier molecular flexibility index (Phi) is 5.39. The molecule has 1 fully saturated rings. The van der Waals surface area contributed by atoms with Gasteiger partial charge < -0.3 is 9.26 Å². The number of aryl methyl sites for hydroxylation is 1. The van der Waals surface area contributed by atoms with Gasteiger partial charge in [-0.1, -0.05) is 40.2 Å². The monoisotopic (exact) mass is 390 g/mol. The highest BCUT2D eigenvalue weighted by atomic mass is 79.9. The van der Waals surface area contributed by atoms with E-state index in [9.17, 15) is 0 Å². The molecule has 128 valence electrons. The first-order valence-corrected chi connectivity index (χ1v) is 9.21. The van der Waals surface area contributed by atoms with Crippen LogP contribution in [0, 0.1) is 18.8 Å². The van der Waals surface area contributed by atoms with Crippen molar-refractivity contribution in [2.24, 2.45) is 11.8 Å². The highest BCUT2D eigenvalue weighted by molar-refractivity contribution is 9.10. The first kappa shape index (κ1) is 17.2. The van der Waals surface area contributed by atoms with Crippen LogP contribution < -0.4 is 4.74 Å². The van der Waals surface area contributed by atoms with Gasteiger partial charge in [0.25, 0.3) is 0 Å². The molecule has 0 saturated heterocycles. The van der Waals surface area contributed by atoms with E-state index in [4.69, 9.17) is 9.26 Å². The lowest BCUT2D eigenvalue weighted by molar-refractivity contribution is 0.310. The van der Waals surface area contributed by atoms with E-state index < -0.39 is 0 Å². The van der Waals surface area contributed by atoms with Crippen molar-refractivity contribution in [1.29, 1.82) is 0 Å². The average molecular weight is 391 g/mol. The molecular formula is C19H23BrN2O2. The summed E-state index contributed by atoms with van der Waals surface area (Å²) in [5.74, 6) is 3.39. The van der Waals surface area contributed by atoms with E-state index in [2.05, 4.69) is 45.6 Å². The number of benzene rings is 1.